The lowest BCUT2D eigenvalue weighted by Crippen LogP contribution is -2.09. The number of methoxy groups -OCH3 is 1. The van der Waals surface area contributed by atoms with Gasteiger partial charge in [-0.05, 0) is 18.2 Å². The quantitative estimate of drug-likeness (QED) is 0.567. The van der Waals surface area contributed by atoms with Gasteiger partial charge in [0.15, 0.2) is 0 Å². The molecule has 0 atom stereocenters. The number of hydrogen-bond acceptors (Lipinski definition) is 3. The molecule has 0 radical (unpaired) electrons. The van der Waals surface area contributed by atoms with E-state index in [1.807, 2.05) is 0 Å². The second kappa shape index (κ2) is 4.68. The molecule has 1 aromatic carbocycles. The van der Waals surface area contributed by atoms with Crippen LogP contribution in [-0.2, 0) is 4.74 Å². The van der Waals surface area contributed by atoms with Gasteiger partial charge in [0.2, 0.25) is 0 Å². The molecule has 0 saturated carbocycles. The van der Waals surface area contributed by atoms with Crippen LogP contribution in [0.25, 0.3) is 0 Å². The fraction of sp³-hybridized carbons (Fsp3) is 0.222. The number of hydrogen-bond donors (Lipinski definition) is 0. The molecule has 0 fully saturated rings. The molecule has 0 aromatic heterocycles. The second-order valence-electron chi connectivity index (χ2n) is 2.54. The van der Waals surface area contributed by atoms with Crippen molar-refractivity contribution in [1.29, 1.82) is 0 Å². The summed E-state index contributed by atoms with van der Waals surface area (Å²) in [5.74, 6) is -1.25. The molecule has 0 saturated heterocycles. The van der Waals surface area contributed by atoms with Gasteiger partial charge in [0.1, 0.15) is 11.6 Å². The van der Waals surface area contributed by atoms with Gasteiger partial charge in [0, 0.05) is 0 Å². The topological polar surface area (TPSA) is 35.5 Å². The van der Waals surface area contributed by atoms with E-state index in [0.717, 1.165) is 19.2 Å². The first-order valence-corrected chi connectivity index (χ1v) is 3.88. The van der Waals surface area contributed by atoms with Gasteiger partial charge in [-0.1, -0.05) is 0 Å². The lowest BCUT2D eigenvalue weighted by Gasteiger charge is -2.08. The monoisotopic (exact) mass is 220 g/mol. The van der Waals surface area contributed by atoms with E-state index in [9.17, 15) is 18.0 Å². The minimum atomic E-state index is -2.93. The molecule has 0 aliphatic heterocycles. The van der Waals surface area contributed by atoms with Crippen molar-refractivity contribution >= 4 is 6.16 Å². The number of benzene rings is 1. The molecule has 0 N–H and O–H groups in total. The Morgan fingerprint density at radius 2 is 2.07 bits per heavy atom. The van der Waals surface area contributed by atoms with E-state index in [4.69, 9.17) is 0 Å². The van der Waals surface area contributed by atoms with Crippen molar-refractivity contribution in [2.75, 3.05) is 7.11 Å². The molecule has 3 nitrogen and oxygen atoms in total. The lowest BCUT2D eigenvalue weighted by atomic mass is 10.2. The molecule has 6 heteroatoms. The summed E-state index contributed by atoms with van der Waals surface area (Å²) < 4.78 is 45.9. The normalized spacial score (nSPS) is 10.2. The molecule has 0 amide bonds. The third kappa shape index (κ3) is 2.87. The molecule has 1 aromatic rings. The highest BCUT2D eigenvalue weighted by Crippen LogP contribution is 2.29. The van der Waals surface area contributed by atoms with Crippen molar-refractivity contribution in [3.8, 4) is 5.75 Å². The molecule has 82 valence electrons. The molecule has 0 unspecified atom stereocenters. The van der Waals surface area contributed by atoms with E-state index in [-0.39, 0.29) is 0 Å². The fourth-order valence-electron chi connectivity index (χ4n) is 0.914. The number of ether oxygens (including phenoxy) is 2. The van der Waals surface area contributed by atoms with E-state index >= 15 is 0 Å². The minimum absolute atomic E-state index is 0.418. The van der Waals surface area contributed by atoms with Crippen molar-refractivity contribution in [1.82, 2.24) is 0 Å². The minimum Gasteiger partial charge on any atom is -0.437 e. The highest BCUT2D eigenvalue weighted by molar-refractivity contribution is 5.64. The standard InChI is InChI=1S/C9H7F3O3/c1-14-9(13)15-7-3-2-5(10)4-6(7)8(11)12/h2-4,8H,1H3. The molecular formula is C9H7F3O3. The summed E-state index contributed by atoms with van der Waals surface area (Å²) in [6.07, 6.45) is -4.07. The maximum atomic E-state index is 12.6. The zero-order valence-electron chi connectivity index (χ0n) is 7.67. The molecular weight excluding hydrogens is 213 g/mol. The Labute approximate surface area is 83.4 Å². The summed E-state index contributed by atoms with van der Waals surface area (Å²) in [6, 6.07) is 2.45. The van der Waals surface area contributed by atoms with Gasteiger partial charge in [-0.2, -0.15) is 0 Å². The van der Waals surface area contributed by atoms with Crippen molar-refractivity contribution in [2.45, 2.75) is 6.43 Å². The molecule has 0 spiro atoms. The zero-order valence-corrected chi connectivity index (χ0v) is 7.67. The van der Waals surface area contributed by atoms with Crippen LogP contribution in [0.1, 0.15) is 12.0 Å². The fourth-order valence-corrected chi connectivity index (χ4v) is 0.914. The second-order valence-corrected chi connectivity index (χ2v) is 2.54. The Kier molecular flexibility index (Phi) is 3.54. The van der Waals surface area contributed by atoms with Gasteiger partial charge in [-0.3, -0.25) is 0 Å². The summed E-state index contributed by atoms with van der Waals surface area (Å²) >= 11 is 0. The van der Waals surface area contributed by atoms with Crippen molar-refractivity contribution in [3.63, 3.8) is 0 Å². The van der Waals surface area contributed by atoms with E-state index in [1.165, 1.54) is 0 Å². The number of carbonyl (C=O) groups excluding carboxylic acids is 1. The molecule has 1 rings (SSSR count). The lowest BCUT2D eigenvalue weighted by molar-refractivity contribution is 0.115. The Bertz CT molecular complexity index is 366. The molecule has 0 aliphatic carbocycles. The smallest absolute Gasteiger partial charge is 0.437 e. The SMILES string of the molecule is COC(=O)Oc1ccc(F)cc1C(F)F. The largest absolute Gasteiger partial charge is 0.513 e. The van der Waals surface area contributed by atoms with Crippen molar-refractivity contribution in [3.05, 3.63) is 29.6 Å². The van der Waals surface area contributed by atoms with Crippen LogP contribution in [0.4, 0.5) is 18.0 Å². The number of halogens is 3. The van der Waals surface area contributed by atoms with Crippen LogP contribution in [-0.4, -0.2) is 13.3 Å². The maximum absolute atomic E-state index is 12.6. The number of carbonyl (C=O) groups is 1. The van der Waals surface area contributed by atoms with Gasteiger partial charge in [0.25, 0.3) is 6.43 Å². The molecule has 0 bridgehead atoms. The summed E-state index contributed by atoms with van der Waals surface area (Å²) in [4.78, 5) is 10.7. The van der Waals surface area contributed by atoms with Crippen LogP contribution >= 0.6 is 0 Å². The van der Waals surface area contributed by atoms with Gasteiger partial charge in [-0.25, -0.2) is 18.0 Å². The Hall–Kier alpha value is -1.72. The predicted octanol–water partition coefficient (Wildman–Crippen LogP) is 2.91. The summed E-state index contributed by atoms with van der Waals surface area (Å²) in [7, 11) is 1.04. The maximum Gasteiger partial charge on any atom is 0.513 e. The number of alkyl halides is 2. The molecule has 0 aliphatic rings. The summed E-state index contributed by atoms with van der Waals surface area (Å²) in [5, 5.41) is 0. The van der Waals surface area contributed by atoms with Gasteiger partial charge in [-0.15, -0.1) is 0 Å². The summed E-state index contributed by atoms with van der Waals surface area (Å²) in [6.45, 7) is 0. The van der Waals surface area contributed by atoms with E-state index in [2.05, 4.69) is 9.47 Å². The first-order valence-electron chi connectivity index (χ1n) is 3.88. The van der Waals surface area contributed by atoms with Crippen LogP contribution in [0.5, 0.6) is 5.75 Å². The third-order valence-electron chi connectivity index (χ3n) is 1.57. The molecule has 15 heavy (non-hydrogen) atoms. The van der Waals surface area contributed by atoms with E-state index < -0.39 is 29.7 Å². The van der Waals surface area contributed by atoms with Crippen LogP contribution in [0, 0.1) is 5.82 Å². The Balaban J connectivity index is 3.00. The van der Waals surface area contributed by atoms with Crippen molar-refractivity contribution < 1.29 is 27.4 Å². The van der Waals surface area contributed by atoms with Crippen LogP contribution in [0.2, 0.25) is 0 Å². The highest BCUT2D eigenvalue weighted by atomic mass is 19.3. The average Bonchev–Trinajstić information content (AvgIpc) is 2.20. The van der Waals surface area contributed by atoms with E-state index in [1.54, 1.807) is 0 Å². The van der Waals surface area contributed by atoms with Crippen molar-refractivity contribution in [2.24, 2.45) is 0 Å². The highest BCUT2D eigenvalue weighted by Gasteiger charge is 2.17. The van der Waals surface area contributed by atoms with Gasteiger partial charge >= 0.3 is 6.16 Å². The predicted molar refractivity (Wildman–Crippen MR) is 44.4 cm³/mol. The first kappa shape index (κ1) is 11.4. The van der Waals surface area contributed by atoms with Gasteiger partial charge < -0.3 is 9.47 Å². The zero-order chi connectivity index (χ0) is 11.4. The Morgan fingerprint density at radius 3 is 2.60 bits per heavy atom. The first-order chi connectivity index (χ1) is 7.04. The van der Waals surface area contributed by atoms with Crippen LogP contribution in [0.3, 0.4) is 0 Å². The van der Waals surface area contributed by atoms with Crippen LogP contribution < -0.4 is 4.74 Å². The third-order valence-corrected chi connectivity index (χ3v) is 1.57. The van der Waals surface area contributed by atoms with Gasteiger partial charge in [0.05, 0.1) is 12.7 Å². The van der Waals surface area contributed by atoms with Crippen LogP contribution in [0.15, 0.2) is 18.2 Å². The Morgan fingerprint density at radius 1 is 1.40 bits per heavy atom. The summed E-state index contributed by atoms with van der Waals surface area (Å²) in [5.41, 5.74) is -0.694. The number of rotatable bonds is 2. The average molecular weight is 220 g/mol. The van der Waals surface area contributed by atoms with E-state index in [0.29, 0.717) is 6.07 Å². The molecule has 0 heterocycles.